The maximum atomic E-state index is 11.9. The minimum atomic E-state index is -0.450. The quantitative estimate of drug-likeness (QED) is 0.803. The number of oxazole rings is 1. The zero-order valence-electron chi connectivity index (χ0n) is 11.3. The number of anilines is 1. The smallest absolute Gasteiger partial charge is 0.408 e. The molecule has 7 heteroatoms. The van der Waals surface area contributed by atoms with E-state index in [9.17, 15) is 9.59 Å². The molecular formula is C14H13N3O3S. The fourth-order valence-corrected chi connectivity index (χ4v) is 2.71. The van der Waals surface area contributed by atoms with Crippen LogP contribution in [0.3, 0.4) is 0 Å². The number of para-hydroxylation sites is 2. The zero-order valence-corrected chi connectivity index (χ0v) is 12.1. The van der Waals surface area contributed by atoms with Crippen molar-refractivity contribution in [1.29, 1.82) is 0 Å². The average molecular weight is 303 g/mol. The Morgan fingerprint density at radius 3 is 3.00 bits per heavy atom. The number of hydrogen-bond acceptors (Lipinski definition) is 5. The van der Waals surface area contributed by atoms with Crippen molar-refractivity contribution in [3.8, 4) is 0 Å². The topological polar surface area (TPSA) is 77.1 Å². The van der Waals surface area contributed by atoms with Crippen LogP contribution in [-0.2, 0) is 11.3 Å². The third-order valence-corrected chi connectivity index (χ3v) is 3.83. The predicted octanol–water partition coefficient (Wildman–Crippen LogP) is 2.39. The summed E-state index contributed by atoms with van der Waals surface area (Å²) < 4.78 is 6.58. The maximum absolute atomic E-state index is 11.9. The molecule has 0 saturated heterocycles. The van der Waals surface area contributed by atoms with Crippen LogP contribution >= 0.6 is 11.3 Å². The second-order valence-corrected chi connectivity index (χ2v) is 5.80. The molecule has 2 aromatic heterocycles. The van der Waals surface area contributed by atoms with E-state index in [4.69, 9.17) is 4.42 Å². The number of hydrogen-bond donors (Lipinski definition) is 1. The maximum Gasteiger partial charge on any atom is 0.419 e. The number of thiazole rings is 1. The molecule has 0 aliphatic rings. The van der Waals surface area contributed by atoms with Crippen LogP contribution in [0.4, 0.5) is 5.13 Å². The van der Waals surface area contributed by atoms with Crippen LogP contribution in [-0.4, -0.2) is 15.5 Å². The molecule has 0 saturated carbocycles. The third-order valence-electron chi connectivity index (χ3n) is 3.00. The zero-order chi connectivity index (χ0) is 14.8. The molecule has 0 bridgehead atoms. The van der Waals surface area contributed by atoms with Gasteiger partial charge in [-0.25, -0.2) is 9.78 Å². The lowest BCUT2D eigenvalue weighted by atomic mass is 10.3. The fraction of sp³-hybridized carbons (Fsp3) is 0.214. The number of nitrogens with one attached hydrogen (secondary N) is 1. The molecule has 0 radical (unpaired) electrons. The van der Waals surface area contributed by atoms with Gasteiger partial charge in [0.15, 0.2) is 10.7 Å². The molecule has 2 heterocycles. The van der Waals surface area contributed by atoms with Crippen molar-refractivity contribution in [2.75, 3.05) is 5.32 Å². The number of benzene rings is 1. The Morgan fingerprint density at radius 1 is 1.43 bits per heavy atom. The molecule has 3 rings (SSSR count). The van der Waals surface area contributed by atoms with Crippen LogP contribution in [0.1, 0.15) is 11.3 Å². The molecule has 6 nitrogen and oxygen atoms in total. The summed E-state index contributed by atoms with van der Waals surface area (Å²) in [6.45, 7) is 2.19. The summed E-state index contributed by atoms with van der Waals surface area (Å²) in [4.78, 5) is 28.7. The van der Waals surface area contributed by atoms with Gasteiger partial charge in [0.1, 0.15) is 0 Å². The predicted molar refractivity (Wildman–Crippen MR) is 80.6 cm³/mol. The highest BCUT2D eigenvalue weighted by atomic mass is 32.1. The van der Waals surface area contributed by atoms with Crippen LogP contribution in [0.2, 0.25) is 0 Å². The number of fused-ring (bicyclic) bond motifs is 1. The summed E-state index contributed by atoms with van der Waals surface area (Å²) in [5.41, 5.74) is 1.22. The molecule has 0 aliphatic heterocycles. The van der Waals surface area contributed by atoms with E-state index in [0.717, 1.165) is 4.88 Å². The normalized spacial score (nSPS) is 10.9. The molecule has 0 fully saturated rings. The SMILES string of the molecule is Cc1cnc(NC(=O)CCn2c(=O)oc3ccccc32)s1. The number of amides is 1. The molecular weight excluding hydrogens is 290 g/mol. The third kappa shape index (κ3) is 2.87. The summed E-state index contributed by atoms with van der Waals surface area (Å²) in [6.07, 6.45) is 1.89. The van der Waals surface area contributed by atoms with Gasteiger partial charge in [-0.2, -0.15) is 0 Å². The highest BCUT2D eigenvalue weighted by molar-refractivity contribution is 7.15. The first-order chi connectivity index (χ1) is 10.1. The first kappa shape index (κ1) is 13.6. The van der Waals surface area contributed by atoms with E-state index in [1.165, 1.54) is 15.9 Å². The van der Waals surface area contributed by atoms with Gasteiger partial charge in [0.2, 0.25) is 5.91 Å². The van der Waals surface area contributed by atoms with Gasteiger partial charge in [0.05, 0.1) is 5.52 Å². The minimum Gasteiger partial charge on any atom is -0.408 e. The van der Waals surface area contributed by atoms with E-state index >= 15 is 0 Å². The van der Waals surface area contributed by atoms with E-state index in [1.54, 1.807) is 24.4 Å². The highest BCUT2D eigenvalue weighted by Crippen LogP contribution is 2.17. The molecule has 0 spiro atoms. The van der Waals surface area contributed by atoms with Gasteiger partial charge in [0, 0.05) is 24.0 Å². The molecule has 0 atom stereocenters. The van der Waals surface area contributed by atoms with Crippen LogP contribution in [0.15, 0.2) is 39.7 Å². The van der Waals surface area contributed by atoms with Crippen LogP contribution in [0, 0.1) is 6.92 Å². The van der Waals surface area contributed by atoms with Crippen molar-refractivity contribution in [3.05, 3.63) is 45.9 Å². The first-order valence-corrected chi connectivity index (χ1v) is 7.26. The molecule has 21 heavy (non-hydrogen) atoms. The Labute approximate surface area is 124 Å². The summed E-state index contributed by atoms with van der Waals surface area (Å²) in [7, 11) is 0. The largest absolute Gasteiger partial charge is 0.419 e. The number of nitrogens with zero attached hydrogens (tertiary/aromatic N) is 2. The van der Waals surface area contributed by atoms with Crippen molar-refractivity contribution in [2.24, 2.45) is 0 Å². The van der Waals surface area contributed by atoms with Gasteiger partial charge in [-0.3, -0.25) is 9.36 Å². The van der Waals surface area contributed by atoms with Gasteiger partial charge in [-0.15, -0.1) is 11.3 Å². The molecule has 108 valence electrons. The molecule has 1 N–H and O–H groups in total. The summed E-state index contributed by atoms with van der Waals surface area (Å²) in [6, 6.07) is 7.15. The Bertz CT molecular complexity index is 846. The Morgan fingerprint density at radius 2 is 2.24 bits per heavy atom. The van der Waals surface area contributed by atoms with E-state index in [1.807, 2.05) is 13.0 Å². The van der Waals surface area contributed by atoms with Gasteiger partial charge >= 0.3 is 5.76 Å². The van der Waals surface area contributed by atoms with Crippen molar-refractivity contribution in [1.82, 2.24) is 9.55 Å². The second kappa shape index (κ2) is 5.53. The van der Waals surface area contributed by atoms with Crippen molar-refractivity contribution in [3.63, 3.8) is 0 Å². The fourth-order valence-electron chi connectivity index (χ4n) is 2.03. The average Bonchev–Trinajstić information content (AvgIpc) is 2.99. The number of carbonyl (C=O) groups is 1. The summed E-state index contributed by atoms with van der Waals surface area (Å²) >= 11 is 1.42. The van der Waals surface area contributed by atoms with Gasteiger partial charge in [-0.05, 0) is 19.1 Å². The monoisotopic (exact) mass is 303 g/mol. The van der Waals surface area contributed by atoms with E-state index in [-0.39, 0.29) is 18.9 Å². The van der Waals surface area contributed by atoms with Crippen molar-refractivity contribution >= 4 is 33.5 Å². The van der Waals surface area contributed by atoms with Gasteiger partial charge in [-0.1, -0.05) is 12.1 Å². The van der Waals surface area contributed by atoms with E-state index in [2.05, 4.69) is 10.3 Å². The molecule has 1 amide bonds. The van der Waals surface area contributed by atoms with Crippen molar-refractivity contribution < 1.29 is 9.21 Å². The van der Waals surface area contributed by atoms with Crippen molar-refractivity contribution in [2.45, 2.75) is 19.9 Å². The summed E-state index contributed by atoms with van der Waals surface area (Å²) in [5, 5.41) is 3.29. The Hall–Kier alpha value is -2.41. The van der Waals surface area contributed by atoms with Gasteiger partial charge < -0.3 is 9.73 Å². The highest BCUT2D eigenvalue weighted by Gasteiger charge is 2.11. The standard InChI is InChI=1S/C14H13N3O3S/c1-9-8-15-13(21-9)16-12(18)6-7-17-10-4-2-3-5-11(10)20-14(17)19/h2-5,8H,6-7H2,1H3,(H,15,16,18). The second-order valence-electron chi connectivity index (χ2n) is 4.56. The lowest BCUT2D eigenvalue weighted by molar-refractivity contribution is -0.116. The summed E-state index contributed by atoms with van der Waals surface area (Å²) in [5.74, 6) is -0.629. The number of carbonyl (C=O) groups excluding carboxylic acids is 1. The Kier molecular flexibility index (Phi) is 3.57. The number of aryl methyl sites for hydroxylation is 2. The molecule has 1 aromatic carbocycles. The number of aromatic nitrogens is 2. The van der Waals surface area contributed by atoms with E-state index < -0.39 is 5.76 Å². The molecule has 0 aliphatic carbocycles. The minimum absolute atomic E-state index is 0.179. The lowest BCUT2D eigenvalue weighted by Crippen LogP contribution is -2.19. The van der Waals surface area contributed by atoms with Gasteiger partial charge in [0.25, 0.3) is 0 Å². The Balaban J connectivity index is 1.70. The molecule has 3 aromatic rings. The molecule has 0 unspecified atom stereocenters. The van der Waals surface area contributed by atoms with Crippen LogP contribution < -0.4 is 11.1 Å². The van der Waals surface area contributed by atoms with E-state index in [0.29, 0.717) is 16.2 Å². The van der Waals surface area contributed by atoms with Crippen LogP contribution in [0.25, 0.3) is 11.1 Å². The number of rotatable bonds is 4. The first-order valence-electron chi connectivity index (χ1n) is 6.44. The van der Waals surface area contributed by atoms with Crippen LogP contribution in [0.5, 0.6) is 0 Å². The lowest BCUT2D eigenvalue weighted by Gasteiger charge is -2.02.